The van der Waals surface area contributed by atoms with Crippen molar-refractivity contribution in [2.24, 2.45) is 0 Å². The molecule has 0 bridgehead atoms. The van der Waals surface area contributed by atoms with Gasteiger partial charge in [0.25, 0.3) is 0 Å². The van der Waals surface area contributed by atoms with Crippen LogP contribution in [0, 0.1) is 0 Å². The molecule has 0 fully saturated rings. The van der Waals surface area contributed by atoms with E-state index in [-0.39, 0.29) is 6.79 Å². The fraction of sp³-hybridized carbons (Fsp3) is 0.667. The quantitative estimate of drug-likeness (QED) is 0.119. The predicted molar refractivity (Wildman–Crippen MR) is 189 cm³/mol. The molecule has 250 valence electrons. The van der Waals surface area contributed by atoms with Gasteiger partial charge in [-0.1, -0.05) is 89.2 Å². The molecule has 0 radical (unpaired) electrons. The van der Waals surface area contributed by atoms with E-state index in [1.54, 1.807) is 21.3 Å². The molecule has 0 N–H and O–H groups in total. The van der Waals surface area contributed by atoms with Gasteiger partial charge in [-0.05, 0) is 62.6 Å². The monoisotopic (exact) mass is 646 g/mol. The van der Waals surface area contributed by atoms with Gasteiger partial charge < -0.3 is 27.8 Å². The third-order valence-electron chi connectivity index (χ3n) is 9.64. The van der Waals surface area contributed by atoms with Crippen molar-refractivity contribution in [3.63, 3.8) is 0 Å². The molecular formula is C36H62O6Si2. The number of methoxy groups -OCH3 is 3. The second-order valence-corrected chi connectivity index (χ2v) is 24.9. The van der Waals surface area contributed by atoms with E-state index in [1.807, 2.05) is 12.1 Å². The molecule has 0 aliphatic heterocycles. The van der Waals surface area contributed by atoms with Crippen LogP contribution in [0.25, 0.3) is 11.1 Å². The second-order valence-electron chi connectivity index (χ2n) is 14.0. The first-order valence-corrected chi connectivity index (χ1v) is 20.7. The molecule has 0 saturated heterocycles. The van der Waals surface area contributed by atoms with Crippen molar-refractivity contribution >= 4 is 16.6 Å². The Morgan fingerprint density at radius 2 is 1.07 bits per heavy atom. The van der Waals surface area contributed by atoms with Gasteiger partial charge in [-0.15, -0.1) is 0 Å². The van der Waals surface area contributed by atoms with Crippen molar-refractivity contribution in [2.45, 2.75) is 130 Å². The summed E-state index contributed by atoms with van der Waals surface area (Å²) in [6.45, 7) is 29.0. The predicted octanol–water partition coefficient (Wildman–Crippen LogP) is 10.7. The van der Waals surface area contributed by atoms with Crippen LogP contribution in [0.5, 0.6) is 17.2 Å². The minimum Gasteiger partial charge on any atom is -0.497 e. The number of ether oxygens (including phenoxy) is 4. The Balaban J connectivity index is 2.76. The number of hydrogen-bond donors (Lipinski definition) is 0. The van der Waals surface area contributed by atoms with E-state index in [9.17, 15) is 0 Å². The first kappa shape index (κ1) is 38.3. The molecule has 0 aromatic heterocycles. The summed E-state index contributed by atoms with van der Waals surface area (Å²) in [5.74, 6) is 2.17. The van der Waals surface area contributed by atoms with Crippen LogP contribution < -0.4 is 14.2 Å². The van der Waals surface area contributed by atoms with Crippen LogP contribution in [0.2, 0.25) is 33.2 Å². The standard InChI is InChI=1S/C36H62O6Si2/c1-24(2)43(25(3)4,26(5)6)41-21-30-16-17-34(40-23-37-13)33(18-30)36-31(19-32(38-14)20-35(36)39-15)22-42-44(27(7)8,28(9)10)29(11)12/h16-20,24-29H,21-23H2,1-15H3. The lowest BCUT2D eigenvalue weighted by molar-refractivity contribution is 0.0515. The molecule has 2 aromatic carbocycles. The first-order valence-electron chi connectivity index (χ1n) is 16.4. The second kappa shape index (κ2) is 16.6. The number of benzene rings is 2. The molecule has 0 aliphatic carbocycles. The van der Waals surface area contributed by atoms with E-state index in [2.05, 4.69) is 101 Å². The van der Waals surface area contributed by atoms with E-state index in [1.165, 1.54) is 0 Å². The smallest absolute Gasteiger partial charge is 0.200 e. The summed E-state index contributed by atoms with van der Waals surface area (Å²) in [4.78, 5) is 0. The summed E-state index contributed by atoms with van der Waals surface area (Å²) < 4.78 is 37.4. The molecule has 0 saturated carbocycles. The zero-order valence-corrected chi connectivity index (χ0v) is 32.4. The van der Waals surface area contributed by atoms with Crippen LogP contribution in [-0.4, -0.2) is 44.8 Å². The van der Waals surface area contributed by atoms with E-state index >= 15 is 0 Å². The van der Waals surface area contributed by atoms with Gasteiger partial charge in [0.2, 0.25) is 16.6 Å². The third kappa shape index (κ3) is 8.10. The van der Waals surface area contributed by atoms with Gasteiger partial charge in [-0.2, -0.15) is 0 Å². The van der Waals surface area contributed by atoms with Crippen molar-refractivity contribution in [3.05, 3.63) is 41.5 Å². The van der Waals surface area contributed by atoms with Crippen LogP contribution in [-0.2, 0) is 26.8 Å². The minimum absolute atomic E-state index is 0.140. The van der Waals surface area contributed by atoms with Gasteiger partial charge in [0.05, 0.1) is 27.4 Å². The Bertz CT molecular complexity index is 1130. The van der Waals surface area contributed by atoms with Crippen LogP contribution in [0.4, 0.5) is 0 Å². The lowest BCUT2D eigenvalue weighted by atomic mass is 9.96. The van der Waals surface area contributed by atoms with Gasteiger partial charge in [0, 0.05) is 24.3 Å². The molecule has 44 heavy (non-hydrogen) atoms. The van der Waals surface area contributed by atoms with Gasteiger partial charge >= 0.3 is 0 Å². The summed E-state index contributed by atoms with van der Waals surface area (Å²) in [7, 11) is 0.821. The van der Waals surface area contributed by atoms with Crippen LogP contribution in [0.1, 0.15) is 94.2 Å². The first-order chi connectivity index (χ1) is 20.6. The van der Waals surface area contributed by atoms with Crippen molar-refractivity contribution < 1.29 is 27.8 Å². The Hall–Kier alpha value is -1.85. The molecule has 0 unspecified atom stereocenters. The van der Waals surface area contributed by atoms with Crippen LogP contribution >= 0.6 is 0 Å². The van der Waals surface area contributed by atoms with Crippen molar-refractivity contribution in [2.75, 3.05) is 28.1 Å². The lowest BCUT2D eigenvalue weighted by Gasteiger charge is -2.42. The minimum atomic E-state index is -2.15. The topological polar surface area (TPSA) is 55.4 Å². The normalized spacial score (nSPS) is 12.8. The molecule has 6 nitrogen and oxygen atoms in total. The zero-order valence-electron chi connectivity index (χ0n) is 30.4. The number of rotatable bonds is 18. The average Bonchev–Trinajstić information content (AvgIpc) is 2.95. The third-order valence-corrected chi connectivity index (χ3v) is 21.8. The van der Waals surface area contributed by atoms with E-state index in [0.717, 1.165) is 33.8 Å². The molecule has 0 heterocycles. The van der Waals surface area contributed by atoms with Gasteiger partial charge in [-0.3, -0.25) is 0 Å². The molecule has 2 rings (SSSR count). The molecular weight excluding hydrogens is 585 g/mol. The maximum absolute atomic E-state index is 7.13. The lowest BCUT2D eigenvalue weighted by Crippen LogP contribution is -2.47. The van der Waals surface area contributed by atoms with E-state index in [4.69, 9.17) is 27.8 Å². The van der Waals surface area contributed by atoms with Gasteiger partial charge in [-0.25, -0.2) is 0 Å². The molecule has 0 atom stereocenters. The highest BCUT2D eigenvalue weighted by Gasteiger charge is 2.46. The summed E-state index contributed by atoms with van der Waals surface area (Å²) in [6.07, 6.45) is 0. The fourth-order valence-electron chi connectivity index (χ4n) is 7.87. The van der Waals surface area contributed by atoms with E-state index < -0.39 is 16.6 Å². The summed E-state index contributed by atoms with van der Waals surface area (Å²) >= 11 is 0. The van der Waals surface area contributed by atoms with Crippen LogP contribution in [0.15, 0.2) is 30.3 Å². The molecule has 0 spiro atoms. The summed E-state index contributed by atoms with van der Waals surface area (Å²) in [5.41, 5.74) is 6.89. The molecule has 0 aliphatic rings. The highest BCUT2D eigenvalue weighted by molar-refractivity contribution is 6.78. The van der Waals surface area contributed by atoms with Crippen molar-refractivity contribution in [1.29, 1.82) is 0 Å². The highest BCUT2D eigenvalue weighted by atomic mass is 28.4. The highest BCUT2D eigenvalue weighted by Crippen LogP contribution is 2.47. The Labute approximate surface area is 271 Å². The van der Waals surface area contributed by atoms with Crippen molar-refractivity contribution in [1.82, 2.24) is 0 Å². The Morgan fingerprint density at radius 1 is 0.568 bits per heavy atom. The SMILES string of the molecule is COCOc1ccc(CO[Si](C(C)C)(C(C)C)C(C)C)cc1-c1c(CO[Si](C(C)C)(C(C)C)C(C)C)cc(OC)cc1OC. The maximum Gasteiger partial charge on any atom is 0.200 e. The number of hydrogen-bond acceptors (Lipinski definition) is 6. The summed E-state index contributed by atoms with van der Waals surface area (Å²) in [5, 5.41) is 0. The van der Waals surface area contributed by atoms with Crippen LogP contribution in [0.3, 0.4) is 0 Å². The Morgan fingerprint density at radius 3 is 1.50 bits per heavy atom. The maximum atomic E-state index is 7.13. The molecule has 2 aromatic rings. The Kier molecular flexibility index (Phi) is 14.5. The van der Waals surface area contributed by atoms with Gasteiger partial charge in [0.15, 0.2) is 6.79 Å². The average molecular weight is 647 g/mol. The largest absolute Gasteiger partial charge is 0.497 e. The van der Waals surface area contributed by atoms with E-state index in [0.29, 0.717) is 52.2 Å². The molecule has 0 amide bonds. The molecule has 8 heteroatoms. The summed E-state index contributed by atoms with van der Waals surface area (Å²) in [6, 6.07) is 10.3. The van der Waals surface area contributed by atoms with Crippen molar-refractivity contribution in [3.8, 4) is 28.4 Å². The zero-order chi connectivity index (χ0) is 33.4. The fourth-order valence-corrected chi connectivity index (χ4v) is 18.7. The van der Waals surface area contributed by atoms with Gasteiger partial charge in [0.1, 0.15) is 17.2 Å².